The van der Waals surface area contributed by atoms with Crippen LogP contribution in [0.2, 0.25) is 0 Å². The number of carbonyl (C=O) groups is 1. The van der Waals surface area contributed by atoms with Crippen molar-refractivity contribution in [2.45, 2.75) is 56.0 Å². The van der Waals surface area contributed by atoms with Gasteiger partial charge in [-0.25, -0.2) is 4.98 Å². The lowest BCUT2D eigenvalue weighted by atomic mass is 9.89. The average Bonchev–Trinajstić information content (AvgIpc) is 3.08. The van der Waals surface area contributed by atoms with E-state index >= 15 is 0 Å². The minimum absolute atomic E-state index is 0.116. The van der Waals surface area contributed by atoms with Gasteiger partial charge in [-0.3, -0.25) is 4.79 Å². The van der Waals surface area contributed by atoms with Crippen molar-refractivity contribution < 1.29 is 4.79 Å². The Kier molecular flexibility index (Phi) is 6.56. The molecule has 1 heterocycles. The monoisotopic (exact) mass is 357 g/mol. The van der Waals surface area contributed by atoms with Crippen molar-refractivity contribution in [3.8, 4) is 0 Å². The molecule has 1 amide bonds. The van der Waals surface area contributed by atoms with Crippen LogP contribution in [0.4, 0.5) is 0 Å². The normalized spacial score (nSPS) is 16.5. The van der Waals surface area contributed by atoms with Crippen molar-refractivity contribution in [1.29, 1.82) is 0 Å². The molecule has 25 heavy (non-hydrogen) atoms. The molecule has 4 nitrogen and oxygen atoms in total. The molecule has 1 aliphatic rings. The zero-order valence-corrected chi connectivity index (χ0v) is 15.7. The number of thioether (sulfide) groups is 1. The fraction of sp³-hybridized carbons (Fsp3) is 0.500. The third-order valence-corrected chi connectivity index (χ3v) is 5.93. The van der Waals surface area contributed by atoms with Crippen molar-refractivity contribution >= 4 is 17.7 Å². The van der Waals surface area contributed by atoms with Crippen molar-refractivity contribution in [3.05, 3.63) is 48.3 Å². The van der Waals surface area contributed by atoms with Crippen LogP contribution in [0.25, 0.3) is 0 Å². The third kappa shape index (κ3) is 5.36. The van der Waals surface area contributed by atoms with E-state index in [1.54, 1.807) is 6.20 Å². The lowest BCUT2D eigenvalue weighted by Crippen LogP contribution is -2.35. The highest BCUT2D eigenvalue weighted by atomic mass is 32.2. The number of hydrogen-bond donors (Lipinski definition) is 1. The fourth-order valence-corrected chi connectivity index (χ4v) is 4.19. The molecule has 1 N–H and O–H groups in total. The molecule has 1 aliphatic carbocycles. The van der Waals surface area contributed by atoms with E-state index in [1.165, 1.54) is 49.4 Å². The second-order valence-corrected chi connectivity index (χ2v) is 8.14. The minimum Gasteiger partial charge on any atom is -0.355 e. The summed E-state index contributed by atoms with van der Waals surface area (Å²) in [6.45, 7) is 3.56. The van der Waals surface area contributed by atoms with Gasteiger partial charge in [0.15, 0.2) is 5.16 Å². The lowest BCUT2D eigenvalue weighted by molar-refractivity contribution is -0.120. The van der Waals surface area contributed by atoms with E-state index in [0.717, 1.165) is 18.2 Å². The molecule has 2 aromatic rings. The van der Waals surface area contributed by atoms with Gasteiger partial charge in [0.2, 0.25) is 5.91 Å². The number of benzene rings is 1. The molecule has 3 rings (SSSR count). The summed E-state index contributed by atoms with van der Waals surface area (Å²) in [7, 11) is 0. The lowest BCUT2D eigenvalue weighted by Gasteiger charge is -2.22. The largest absolute Gasteiger partial charge is 0.355 e. The number of nitrogens with one attached hydrogen (secondary N) is 1. The maximum atomic E-state index is 12.4. The number of nitrogens with zero attached hydrogens (tertiary/aromatic N) is 2. The van der Waals surface area contributed by atoms with E-state index in [-0.39, 0.29) is 11.2 Å². The molecule has 0 saturated heterocycles. The predicted molar refractivity (Wildman–Crippen MR) is 103 cm³/mol. The molecule has 0 aliphatic heterocycles. The molecule has 5 heteroatoms. The van der Waals surface area contributed by atoms with Crippen LogP contribution in [0, 0.1) is 5.92 Å². The molecular formula is C20H27N3OS. The number of rotatable bonds is 7. The summed E-state index contributed by atoms with van der Waals surface area (Å²) in [5.74, 6) is 0.778. The number of imidazole rings is 1. The van der Waals surface area contributed by atoms with Gasteiger partial charge in [0.25, 0.3) is 0 Å². The molecule has 1 saturated carbocycles. The Hall–Kier alpha value is -1.75. The smallest absolute Gasteiger partial charge is 0.233 e. The minimum atomic E-state index is -0.138. The summed E-state index contributed by atoms with van der Waals surface area (Å²) in [5.41, 5.74) is 1.23. The highest BCUT2D eigenvalue weighted by molar-refractivity contribution is 8.00. The van der Waals surface area contributed by atoms with E-state index in [9.17, 15) is 4.79 Å². The van der Waals surface area contributed by atoms with Gasteiger partial charge in [-0.2, -0.15) is 0 Å². The van der Waals surface area contributed by atoms with Crippen LogP contribution in [-0.2, 0) is 11.3 Å². The quantitative estimate of drug-likeness (QED) is 0.759. The van der Waals surface area contributed by atoms with Crippen LogP contribution >= 0.6 is 11.8 Å². The maximum Gasteiger partial charge on any atom is 0.233 e. The van der Waals surface area contributed by atoms with E-state index in [1.807, 2.05) is 31.3 Å². The van der Waals surface area contributed by atoms with Crippen molar-refractivity contribution in [1.82, 2.24) is 14.9 Å². The zero-order chi connectivity index (χ0) is 17.5. The first kappa shape index (κ1) is 18.1. The maximum absolute atomic E-state index is 12.4. The summed E-state index contributed by atoms with van der Waals surface area (Å²) >= 11 is 1.53. The van der Waals surface area contributed by atoms with Crippen LogP contribution < -0.4 is 5.32 Å². The Balaban J connectivity index is 1.51. The number of carbonyl (C=O) groups excluding carboxylic acids is 1. The Morgan fingerprint density at radius 3 is 2.80 bits per heavy atom. The van der Waals surface area contributed by atoms with Crippen molar-refractivity contribution in [2.75, 3.05) is 6.54 Å². The Morgan fingerprint density at radius 2 is 2.04 bits per heavy atom. The third-order valence-electron chi connectivity index (χ3n) is 4.81. The number of amides is 1. The predicted octanol–water partition coefficient (Wildman–Crippen LogP) is 4.11. The van der Waals surface area contributed by atoms with Gasteiger partial charge >= 0.3 is 0 Å². The van der Waals surface area contributed by atoms with Crippen LogP contribution in [-0.4, -0.2) is 27.3 Å². The van der Waals surface area contributed by atoms with Gasteiger partial charge in [-0.05, 0) is 31.2 Å². The highest BCUT2D eigenvalue weighted by Gasteiger charge is 2.19. The molecule has 134 valence electrons. The van der Waals surface area contributed by atoms with Crippen LogP contribution in [0.5, 0.6) is 0 Å². The first-order chi connectivity index (χ1) is 12.2. The molecular weight excluding hydrogens is 330 g/mol. The molecule has 1 atom stereocenters. The van der Waals surface area contributed by atoms with Gasteiger partial charge in [0, 0.05) is 25.5 Å². The Labute approximate surface area is 154 Å². The van der Waals surface area contributed by atoms with Crippen molar-refractivity contribution in [3.63, 3.8) is 0 Å². The molecule has 1 aromatic carbocycles. The molecule has 0 bridgehead atoms. The van der Waals surface area contributed by atoms with Crippen molar-refractivity contribution in [2.24, 2.45) is 5.92 Å². The molecule has 1 aromatic heterocycles. The number of aromatic nitrogens is 2. The number of hydrogen-bond acceptors (Lipinski definition) is 3. The molecule has 1 fully saturated rings. The summed E-state index contributed by atoms with van der Waals surface area (Å²) < 4.78 is 2.10. The van der Waals surface area contributed by atoms with Gasteiger partial charge in [-0.1, -0.05) is 61.4 Å². The van der Waals surface area contributed by atoms with E-state index in [2.05, 4.69) is 27.0 Å². The van der Waals surface area contributed by atoms with Crippen LogP contribution in [0.3, 0.4) is 0 Å². The Morgan fingerprint density at radius 1 is 1.28 bits per heavy atom. The summed E-state index contributed by atoms with van der Waals surface area (Å²) in [6, 6.07) is 10.3. The topological polar surface area (TPSA) is 46.9 Å². The summed E-state index contributed by atoms with van der Waals surface area (Å²) in [6.07, 6.45) is 10.2. The van der Waals surface area contributed by atoms with Gasteiger partial charge in [-0.15, -0.1) is 0 Å². The molecule has 1 unspecified atom stereocenters. The van der Waals surface area contributed by atoms with Crippen LogP contribution in [0.15, 0.2) is 47.9 Å². The second kappa shape index (κ2) is 9.09. The Bertz CT molecular complexity index is 665. The first-order valence-electron chi connectivity index (χ1n) is 9.22. The molecule has 0 spiro atoms. The van der Waals surface area contributed by atoms with Gasteiger partial charge in [0.05, 0.1) is 5.25 Å². The standard InChI is InChI=1S/C20H27N3OS/c1-16(19(24)22-14-17-8-4-2-5-9-17)25-20-21-12-13-23(20)15-18-10-6-3-7-11-18/h3,6-7,10-13,16-17H,2,4-5,8-9,14-15H2,1H3,(H,22,24). The van der Waals surface area contributed by atoms with E-state index < -0.39 is 0 Å². The van der Waals surface area contributed by atoms with Gasteiger partial charge < -0.3 is 9.88 Å². The van der Waals surface area contributed by atoms with E-state index in [4.69, 9.17) is 0 Å². The average molecular weight is 358 g/mol. The summed E-state index contributed by atoms with van der Waals surface area (Å²) in [4.78, 5) is 16.8. The summed E-state index contributed by atoms with van der Waals surface area (Å²) in [5, 5.41) is 3.89. The first-order valence-corrected chi connectivity index (χ1v) is 10.1. The molecule has 0 radical (unpaired) electrons. The van der Waals surface area contributed by atoms with Gasteiger partial charge in [0.1, 0.15) is 0 Å². The van der Waals surface area contributed by atoms with E-state index in [0.29, 0.717) is 5.92 Å². The SMILES string of the molecule is CC(Sc1nccn1Cc1ccccc1)C(=O)NCC1CCCCC1. The zero-order valence-electron chi connectivity index (χ0n) is 14.9. The highest BCUT2D eigenvalue weighted by Crippen LogP contribution is 2.24. The van der Waals surface area contributed by atoms with Crippen LogP contribution in [0.1, 0.15) is 44.6 Å². The fourth-order valence-electron chi connectivity index (χ4n) is 3.31. The second-order valence-electron chi connectivity index (χ2n) is 6.83.